The van der Waals surface area contributed by atoms with Crippen LogP contribution in [0.3, 0.4) is 0 Å². The highest BCUT2D eigenvalue weighted by Gasteiger charge is 2.60. The molecule has 3 aliphatic heterocycles. The third-order valence-electron chi connectivity index (χ3n) is 6.86. The van der Waals surface area contributed by atoms with E-state index < -0.39 is 98.0 Å². The summed E-state index contributed by atoms with van der Waals surface area (Å²) in [5.41, 5.74) is -1.71. The second-order valence-corrected chi connectivity index (χ2v) is 18.0. The molecule has 0 spiro atoms. The van der Waals surface area contributed by atoms with Crippen molar-refractivity contribution >= 4 is 83.4 Å². The highest BCUT2D eigenvalue weighted by molar-refractivity contribution is 9.10. The first-order valence-electron chi connectivity index (χ1n) is 13.2. The Balaban J connectivity index is 1.79. The summed E-state index contributed by atoms with van der Waals surface area (Å²) in [6.45, 7) is 7.55. The molecular weight excluding hydrogens is 752 g/mol. The lowest BCUT2D eigenvalue weighted by molar-refractivity contribution is -0.161. The fourth-order valence-electron chi connectivity index (χ4n) is 4.52. The molecule has 0 aromatic carbocycles. The topological polar surface area (TPSA) is 155 Å². The highest BCUT2D eigenvalue weighted by Crippen LogP contribution is 2.45. The van der Waals surface area contributed by atoms with Crippen LogP contribution in [0.15, 0.2) is 12.2 Å². The van der Waals surface area contributed by atoms with E-state index in [9.17, 15) is 28.8 Å². The second kappa shape index (κ2) is 12.6. The third kappa shape index (κ3) is 8.00. The highest BCUT2D eigenvalue weighted by atomic mass is 79.9. The number of carbonyl (C=O) groups excluding carboxylic acids is 6. The lowest BCUT2D eigenvalue weighted by Crippen LogP contribution is -2.60. The van der Waals surface area contributed by atoms with Crippen molar-refractivity contribution < 1.29 is 47.7 Å². The van der Waals surface area contributed by atoms with Crippen LogP contribution in [-0.2, 0) is 47.7 Å². The van der Waals surface area contributed by atoms with Gasteiger partial charge in [0, 0.05) is 13.0 Å². The van der Waals surface area contributed by atoms with Gasteiger partial charge in [0.1, 0.15) is 38.3 Å². The molecule has 2 unspecified atom stereocenters. The van der Waals surface area contributed by atoms with Gasteiger partial charge in [0.25, 0.3) is 0 Å². The lowest BCUT2D eigenvalue weighted by atomic mass is 9.85. The van der Waals surface area contributed by atoms with Crippen molar-refractivity contribution in [2.24, 2.45) is 11.8 Å². The number of nitrogens with one attached hydrogen (secondary N) is 1. The molecule has 3 heterocycles. The van der Waals surface area contributed by atoms with Gasteiger partial charge in [-0.1, -0.05) is 59.9 Å². The summed E-state index contributed by atoms with van der Waals surface area (Å²) in [7, 11) is 0. The van der Waals surface area contributed by atoms with Crippen LogP contribution in [0.25, 0.3) is 0 Å². The zero-order valence-corrected chi connectivity index (χ0v) is 28.9. The van der Waals surface area contributed by atoms with E-state index in [-0.39, 0.29) is 13.0 Å². The number of ether oxygens (including phenoxy) is 4. The smallest absolute Gasteiger partial charge is 0.322 e. The molecule has 1 N–H and O–H groups in total. The van der Waals surface area contributed by atoms with Crippen molar-refractivity contribution in [3.8, 4) is 0 Å². The number of halogens is 3. The molecule has 234 valence electrons. The van der Waals surface area contributed by atoms with E-state index in [1.165, 1.54) is 0 Å². The zero-order chi connectivity index (χ0) is 31.8. The minimum absolute atomic E-state index is 0.206. The third-order valence-corrected chi connectivity index (χ3v) is 7.84. The van der Waals surface area contributed by atoms with Crippen LogP contribution in [0.5, 0.6) is 0 Å². The molecule has 4 atom stereocenters. The minimum Gasteiger partial charge on any atom is -0.462 e. The van der Waals surface area contributed by atoms with E-state index in [4.69, 9.17) is 18.9 Å². The number of amides is 3. The molecule has 0 aromatic heterocycles. The van der Waals surface area contributed by atoms with E-state index in [0.717, 1.165) is 4.90 Å². The van der Waals surface area contributed by atoms with E-state index in [2.05, 4.69) is 53.1 Å². The SMILES string of the molecule is CC(C)(Br)C(=O)OCC(COC(=O)C(C)(C)Br)(COC(=O)C(C)(C)Br)NC(=O)CCN1C(=O)[C@@H]2C3C=CC(O3)[C@@H]2C1=O. The van der Waals surface area contributed by atoms with Crippen molar-refractivity contribution in [2.45, 2.75) is 78.7 Å². The first-order valence-corrected chi connectivity index (χ1v) is 15.6. The standard InChI is InChI=1S/C27H35Br3N2O10/c1-24(2,28)21(36)39-11-27(12-40-22(37)25(3,4)29,13-41-23(38)26(5,6)30)31-16(33)9-10-32-19(34)17-14-7-8-15(42-14)18(17)20(32)35/h7-8,14-15,17-18H,9-13H2,1-6H3,(H,31,33)/t14?,15?,17-,18+. The Morgan fingerprint density at radius 2 is 1.12 bits per heavy atom. The number of carbonyl (C=O) groups is 6. The van der Waals surface area contributed by atoms with Crippen LogP contribution < -0.4 is 5.32 Å². The summed E-state index contributed by atoms with van der Waals surface area (Å²) in [4.78, 5) is 78.1. The summed E-state index contributed by atoms with van der Waals surface area (Å²) >= 11 is 9.65. The van der Waals surface area contributed by atoms with Crippen molar-refractivity contribution in [1.29, 1.82) is 0 Å². The molecule has 15 heteroatoms. The molecular formula is C27H35Br3N2O10. The number of esters is 3. The number of hydrogen-bond donors (Lipinski definition) is 1. The molecule has 0 radical (unpaired) electrons. The van der Waals surface area contributed by atoms with Crippen LogP contribution in [-0.4, -0.2) is 97.6 Å². The fourth-order valence-corrected chi connectivity index (χ4v) is 4.86. The van der Waals surface area contributed by atoms with Crippen LogP contribution in [0, 0.1) is 11.8 Å². The number of fused-ring (bicyclic) bond motifs is 5. The van der Waals surface area contributed by atoms with Gasteiger partial charge in [0.05, 0.1) is 24.0 Å². The molecule has 0 aliphatic carbocycles. The van der Waals surface area contributed by atoms with Gasteiger partial charge in [-0.05, 0) is 41.5 Å². The van der Waals surface area contributed by atoms with Crippen LogP contribution in [0.1, 0.15) is 48.0 Å². The largest absolute Gasteiger partial charge is 0.462 e. The maximum Gasteiger partial charge on any atom is 0.322 e. The maximum absolute atomic E-state index is 13.3. The second-order valence-electron chi connectivity index (χ2n) is 12.1. The molecule has 3 aliphatic rings. The Morgan fingerprint density at radius 1 is 0.762 bits per heavy atom. The number of likely N-dealkylation sites (tertiary alicyclic amines) is 1. The Hall–Kier alpha value is -1.84. The van der Waals surface area contributed by atoms with Gasteiger partial charge in [0.2, 0.25) is 17.7 Å². The van der Waals surface area contributed by atoms with E-state index in [1.807, 2.05) is 0 Å². The van der Waals surface area contributed by atoms with Gasteiger partial charge >= 0.3 is 17.9 Å². The normalized spacial score (nSPS) is 23.6. The van der Waals surface area contributed by atoms with Crippen LogP contribution in [0.4, 0.5) is 0 Å². The molecule has 2 bridgehead atoms. The monoisotopic (exact) mass is 784 g/mol. The Kier molecular flexibility index (Phi) is 10.4. The van der Waals surface area contributed by atoms with E-state index in [0.29, 0.717) is 0 Å². The molecule has 3 rings (SSSR count). The van der Waals surface area contributed by atoms with Crippen molar-refractivity contribution in [3.63, 3.8) is 0 Å². The van der Waals surface area contributed by atoms with Crippen molar-refractivity contribution in [2.75, 3.05) is 26.4 Å². The van der Waals surface area contributed by atoms with E-state index in [1.54, 1.807) is 53.7 Å². The summed E-state index contributed by atoms with van der Waals surface area (Å²) in [5, 5.41) is 2.68. The Bertz CT molecular complexity index is 1060. The average molecular weight is 787 g/mol. The average Bonchev–Trinajstić information content (AvgIpc) is 3.55. The first-order chi connectivity index (χ1) is 19.2. The van der Waals surface area contributed by atoms with Crippen LogP contribution >= 0.6 is 47.8 Å². The molecule has 0 saturated carbocycles. The Morgan fingerprint density at radius 3 is 1.45 bits per heavy atom. The number of hydrogen-bond acceptors (Lipinski definition) is 10. The summed E-state index contributed by atoms with van der Waals surface area (Å²) < 4.78 is 18.7. The number of alkyl halides is 3. The molecule has 12 nitrogen and oxygen atoms in total. The number of nitrogens with zero attached hydrogens (tertiary/aromatic N) is 1. The molecule has 3 amide bonds. The van der Waals surface area contributed by atoms with Gasteiger partial charge in [0.15, 0.2) is 0 Å². The zero-order valence-electron chi connectivity index (χ0n) is 24.2. The summed E-state index contributed by atoms with van der Waals surface area (Å²) in [5.74, 6) is -4.77. The fraction of sp³-hybridized carbons (Fsp3) is 0.704. The lowest BCUT2D eigenvalue weighted by Gasteiger charge is -2.35. The number of imide groups is 1. The van der Waals surface area contributed by atoms with Gasteiger partial charge < -0.3 is 24.3 Å². The molecule has 2 fully saturated rings. The molecule has 0 aromatic rings. The maximum atomic E-state index is 13.3. The van der Waals surface area contributed by atoms with Gasteiger partial charge in [-0.15, -0.1) is 0 Å². The Labute approximate surface area is 269 Å². The van der Waals surface area contributed by atoms with Crippen molar-refractivity contribution in [1.82, 2.24) is 10.2 Å². The van der Waals surface area contributed by atoms with Crippen molar-refractivity contribution in [3.05, 3.63) is 12.2 Å². The van der Waals surface area contributed by atoms with Crippen LogP contribution in [0.2, 0.25) is 0 Å². The van der Waals surface area contributed by atoms with E-state index >= 15 is 0 Å². The molecule has 2 saturated heterocycles. The number of rotatable bonds is 13. The quantitative estimate of drug-likeness (QED) is 0.0968. The van der Waals surface area contributed by atoms with Gasteiger partial charge in [-0.25, -0.2) is 0 Å². The van der Waals surface area contributed by atoms with Gasteiger partial charge in [-0.3, -0.25) is 33.7 Å². The minimum atomic E-state index is -1.71. The summed E-state index contributed by atoms with van der Waals surface area (Å²) in [6.07, 6.45) is 2.30. The van der Waals surface area contributed by atoms with Gasteiger partial charge in [-0.2, -0.15) is 0 Å². The first kappa shape index (κ1) is 34.6. The predicted molar refractivity (Wildman–Crippen MR) is 159 cm³/mol. The summed E-state index contributed by atoms with van der Waals surface area (Å²) in [6, 6.07) is 0. The molecule has 42 heavy (non-hydrogen) atoms. The predicted octanol–water partition coefficient (Wildman–Crippen LogP) is 2.32.